The highest BCUT2D eigenvalue weighted by Gasteiger charge is 2.40. The predicted octanol–water partition coefficient (Wildman–Crippen LogP) is 5.05. The molecule has 0 bridgehead atoms. The van der Waals surface area contributed by atoms with Crippen molar-refractivity contribution in [2.24, 2.45) is 29.1 Å². The first kappa shape index (κ1) is 20.3. The molecule has 2 aliphatic rings. The largest absolute Gasteiger partial charge is 0.481 e. The molecule has 2 aliphatic carbocycles. The van der Waals surface area contributed by atoms with Crippen LogP contribution in [0.15, 0.2) is 0 Å². The van der Waals surface area contributed by atoms with Gasteiger partial charge in [-0.2, -0.15) is 0 Å². The van der Waals surface area contributed by atoms with Crippen molar-refractivity contribution in [1.82, 2.24) is 0 Å². The summed E-state index contributed by atoms with van der Waals surface area (Å²) < 4.78 is 5.70. The van der Waals surface area contributed by atoms with E-state index in [1.54, 1.807) is 0 Å². The third-order valence-electron chi connectivity index (χ3n) is 6.66. The van der Waals surface area contributed by atoms with E-state index in [-0.39, 0.29) is 5.97 Å². The number of ether oxygens (including phenoxy) is 1. The van der Waals surface area contributed by atoms with Crippen molar-refractivity contribution in [3.8, 4) is 0 Å². The topological polar surface area (TPSA) is 63.6 Å². The maximum absolute atomic E-state index is 12.6. The lowest BCUT2D eigenvalue weighted by Crippen LogP contribution is -2.39. The Balaban J connectivity index is 1.95. The van der Waals surface area contributed by atoms with Gasteiger partial charge in [0, 0.05) is 0 Å². The van der Waals surface area contributed by atoms with Crippen molar-refractivity contribution in [2.45, 2.75) is 85.0 Å². The summed E-state index contributed by atoms with van der Waals surface area (Å²) in [6.45, 7) is 7.39. The summed E-state index contributed by atoms with van der Waals surface area (Å²) in [4.78, 5) is 24.0. The highest BCUT2D eigenvalue weighted by Crippen LogP contribution is 2.46. The standard InChI is InChI=1S/C21H36O4/c1-4-5-12-18-15(9-8-13-21(18,2)3)14-25-20(24)17-11-7-6-10-16(17)19(22)23/h15-18H,4-14H2,1-3H3,(H,22,23). The van der Waals surface area contributed by atoms with Crippen LogP contribution in [0.2, 0.25) is 0 Å². The van der Waals surface area contributed by atoms with Crippen molar-refractivity contribution >= 4 is 11.9 Å². The molecule has 2 fully saturated rings. The molecule has 0 aromatic heterocycles. The Labute approximate surface area is 152 Å². The maximum atomic E-state index is 12.6. The van der Waals surface area contributed by atoms with Crippen LogP contribution in [0.3, 0.4) is 0 Å². The number of aliphatic carboxylic acids is 1. The highest BCUT2D eigenvalue weighted by molar-refractivity contribution is 5.81. The SMILES string of the molecule is CCCCC1C(COC(=O)C2CCCCC2C(=O)O)CCCC1(C)C. The van der Waals surface area contributed by atoms with Gasteiger partial charge in [0.1, 0.15) is 0 Å². The van der Waals surface area contributed by atoms with Crippen LogP contribution in [0.1, 0.15) is 85.0 Å². The number of unbranched alkanes of at least 4 members (excludes halogenated alkanes) is 1. The zero-order valence-corrected chi connectivity index (χ0v) is 16.3. The van der Waals surface area contributed by atoms with E-state index in [1.165, 1.54) is 32.1 Å². The summed E-state index contributed by atoms with van der Waals surface area (Å²) in [6, 6.07) is 0. The molecular formula is C21H36O4. The molecule has 4 nitrogen and oxygen atoms in total. The lowest BCUT2D eigenvalue weighted by atomic mass is 9.62. The average molecular weight is 353 g/mol. The summed E-state index contributed by atoms with van der Waals surface area (Å²) in [7, 11) is 0. The second-order valence-corrected chi connectivity index (χ2v) is 8.86. The van der Waals surface area contributed by atoms with Crippen LogP contribution >= 0.6 is 0 Å². The zero-order chi connectivity index (χ0) is 18.4. The first-order chi connectivity index (χ1) is 11.9. The van der Waals surface area contributed by atoms with Gasteiger partial charge >= 0.3 is 11.9 Å². The lowest BCUT2D eigenvalue weighted by molar-refractivity contribution is -0.162. The maximum Gasteiger partial charge on any atom is 0.309 e. The minimum absolute atomic E-state index is 0.273. The first-order valence-corrected chi connectivity index (χ1v) is 10.3. The van der Waals surface area contributed by atoms with Crippen molar-refractivity contribution < 1.29 is 19.4 Å². The Bertz CT molecular complexity index is 457. The smallest absolute Gasteiger partial charge is 0.309 e. The summed E-state index contributed by atoms with van der Waals surface area (Å²) >= 11 is 0. The van der Waals surface area contributed by atoms with Gasteiger partial charge in [0.2, 0.25) is 0 Å². The summed E-state index contributed by atoms with van der Waals surface area (Å²) in [6.07, 6.45) is 10.3. The second kappa shape index (κ2) is 9.05. The van der Waals surface area contributed by atoms with E-state index < -0.39 is 17.8 Å². The number of hydrogen-bond acceptors (Lipinski definition) is 3. The summed E-state index contributed by atoms with van der Waals surface area (Å²) in [5.74, 6) is -1.11. The van der Waals surface area contributed by atoms with Crippen molar-refractivity contribution in [3.63, 3.8) is 0 Å². The molecule has 4 unspecified atom stereocenters. The van der Waals surface area contributed by atoms with E-state index in [0.29, 0.717) is 36.7 Å². The molecule has 2 saturated carbocycles. The monoisotopic (exact) mass is 352 g/mol. The minimum atomic E-state index is -0.846. The number of carbonyl (C=O) groups is 2. The number of carbonyl (C=O) groups excluding carboxylic acids is 1. The molecule has 0 amide bonds. The van der Waals surface area contributed by atoms with Crippen molar-refractivity contribution in [2.75, 3.05) is 6.61 Å². The Morgan fingerprint density at radius 1 is 1.08 bits per heavy atom. The zero-order valence-electron chi connectivity index (χ0n) is 16.3. The molecule has 144 valence electrons. The number of carboxylic acids is 1. The summed E-state index contributed by atoms with van der Waals surface area (Å²) in [5.41, 5.74) is 0.304. The Morgan fingerprint density at radius 2 is 1.76 bits per heavy atom. The van der Waals surface area contributed by atoms with Crippen LogP contribution in [0.4, 0.5) is 0 Å². The molecule has 0 saturated heterocycles. The fourth-order valence-corrected chi connectivity index (χ4v) is 5.10. The lowest BCUT2D eigenvalue weighted by Gasteiger charge is -2.44. The number of rotatable bonds is 7. The Morgan fingerprint density at radius 3 is 2.40 bits per heavy atom. The van der Waals surface area contributed by atoms with E-state index in [4.69, 9.17) is 4.74 Å². The minimum Gasteiger partial charge on any atom is -0.481 e. The molecule has 0 radical (unpaired) electrons. The highest BCUT2D eigenvalue weighted by atomic mass is 16.5. The molecule has 0 aliphatic heterocycles. The molecule has 0 aromatic carbocycles. The first-order valence-electron chi connectivity index (χ1n) is 10.3. The van der Waals surface area contributed by atoms with Gasteiger partial charge in [-0.05, 0) is 49.4 Å². The molecule has 0 heterocycles. The third kappa shape index (κ3) is 5.21. The van der Waals surface area contributed by atoms with E-state index in [2.05, 4.69) is 20.8 Å². The number of carboxylic acid groups (broad SMARTS) is 1. The van der Waals surface area contributed by atoms with Gasteiger partial charge in [0.05, 0.1) is 18.4 Å². The van der Waals surface area contributed by atoms with Gasteiger partial charge in [-0.3, -0.25) is 9.59 Å². The molecule has 2 rings (SSSR count). The predicted molar refractivity (Wildman–Crippen MR) is 98.2 cm³/mol. The Hall–Kier alpha value is -1.06. The van der Waals surface area contributed by atoms with Gasteiger partial charge in [0.25, 0.3) is 0 Å². The van der Waals surface area contributed by atoms with Crippen molar-refractivity contribution in [3.05, 3.63) is 0 Å². The quantitative estimate of drug-likeness (QED) is 0.651. The van der Waals surface area contributed by atoms with Gasteiger partial charge in [-0.1, -0.05) is 52.9 Å². The fourth-order valence-electron chi connectivity index (χ4n) is 5.10. The fraction of sp³-hybridized carbons (Fsp3) is 0.905. The summed E-state index contributed by atoms with van der Waals surface area (Å²) in [5, 5.41) is 9.37. The van der Waals surface area contributed by atoms with Crippen LogP contribution in [-0.4, -0.2) is 23.7 Å². The second-order valence-electron chi connectivity index (χ2n) is 8.86. The molecular weight excluding hydrogens is 316 g/mol. The van der Waals surface area contributed by atoms with Crippen LogP contribution in [0, 0.1) is 29.1 Å². The van der Waals surface area contributed by atoms with Crippen LogP contribution < -0.4 is 0 Å². The normalized spacial score (nSPS) is 32.1. The van der Waals surface area contributed by atoms with E-state index in [1.807, 2.05) is 0 Å². The van der Waals surface area contributed by atoms with Gasteiger partial charge in [0.15, 0.2) is 0 Å². The van der Waals surface area contributed by atoms with Crippen molar-refractivity contribution in [1.29, 1.82) is 0 Å². The van der Waals surface area contributed by atoms with Gasteiger partial charge in [-0.25, -0.2) is 0 Å². The molecule has 0 spiro atoms. The van der Waals surface area contributed by atoms with Crippen LogP contribution in [-0.2, 0) is 14.3 Å². The van der Waals surface area contributed by atoms with E-state index >= 15 is 0 Å². The van der Waals surface area contributed by atoms with Gasteiger partial charge in [-0.15, -0.1) is 0 Å². The molecule has 0 aromatic rings. The Kier molecular flexibility index (Phi) is 7.33. The molecule has 1 N–H and O–H groups in total. The van der Waals surface area contributed by atoms with E-state index in [0.717, 1.165) is 19.3 Å². The third-order valence-corrected chi connectivity index (χ3v) is 6.66. The number of esters is 1. The molecule has 4 heteroatoms. The van der Waals surface area contributed by atoms with E-state index in [9.17, 15) is 14.7 Å². The van der Waals surface area contributed by atoms with Gasteiger partial charge < -0.3 is 9.84 Å². The molecule has 25 heavy (non-hydrogen) atoms. The van der Waals surface area contributed by atoms with Crippen LogP contribution in [0.25, 0.3) is 0 Å². The molecule has 4 atom stereocenters. The average Bonchev–Trinajstić information content (AvgIpc) is 2.58. The number of hydrogen-bond donors (Lipinski definition) is 1. The van der Waals surface area contributed by atoms with Crippen LogP contribution in [0.5, 0.6) is 0 Å².